The molecule has 1 N–H and O–H groups in total. The number of hydrogen-bond donors (Lipinski definition) is 1. The molecule has 0 aliphatic heterocycles. The third-order valence-electron chi connectivity index (χ3n) is 2.32. The van der Waals surface area contributed by atoms with Gasteiger partial charge in [0.15, 0.2) is 0 Å². The summed E-state index contributed by atoms with van der Waals surface area (Å²) in [5.41, 5.74) is 0. The zero-order valence-corrected chi connectivity index (χ0v) is 9.80. The zero-order chi connectivity index (χ0) is 11.5. The van der Waals surface area contributed by atoms with Crippen molar-refractivity contribution in [1.82, 2.24) is 10.2 Å². The van der Waals surface area contributed by atoms with Crippen LogP contribution in [0.2, 0.25) is 0 Å². The lowest BCUT2D eigenvalue weighted by molar-refractivity contribution is -0.140. The molecular weight excluding hydrogens is 216 g/mol. The lowest BCUT2D eigenvalue weighted by atomic mass is 10.0. The molecule has 84 valence electrons. The molecule has 0 fully saturated rings. The van der Waals surface area contributed by atoms with Crippen LogP contribution in [0.15, 0.2) is 9.64 Å². The van der Waals surface area contributed by atoms with Gasteiger partial charge < -0.3 is 9.52 Å². The van der Waals surface area contributed by atoms with E-state index in [1.165, 1.54) is 0 Å². The number of hydrogen-bond acceptors (Lipinski definition) is 5. The van der Waals surface area contributed by atoms with E-state index in [-0.39, 0.29) is 0 Å². The van der Waals surface area contributed by atoms with E-state index in [1.807, 2.05) is 13.8 Å². The number of rotatable bonds is 5. The van der Waals surface area contributed by atoms with Crippen LogP contribution in [-0.2, 0) is 4.79 Å². The summed E-state index contributed by atoms with van der Waals surface area (Å²) >= 11 is 1.13. The first-order valence-electron chi connectivity index (χ1n) is 4.76. The van der Waals surface area contributed by atoms with Crippen molar-refractivity contribution in [2.24, 2.45) is 0 Å². The lowest BCUT2D eigenvalue weighted by Crippen LogP contribution is -2.33. The number of carboxylic acid groups (broad SMARTS) is 1. The fourth-order valence-corrected chi connectivity index (χ4v) is 2.18. The van der Waals surface area contributed by atoms with Crippen molar-refractivity contribution in [3.8, 4) is 0 Å². The van der Waals surface area contributed by atoms with Crippen LogP contribution in [0, 0.1) is 6.92 Å². The molecular formula is C9H14N2O3S. The van der Waals surface area contributed by atoms with Crippen molar-refractivity contribution >= 4 is 17.7 Å². The Morgan fingerprint density at radius 3 is 2.40 bits per heavy atom. The number of thioether (sulfide) groups is 1. The van der Waals surface area contributed by atoms with E-state index in [1.54, 1.807) is 6.92 Å². The van der Waals surface area contributed by atoms with Gasteiger partial charge in [0.05, 0.1) is 0 Å². The van der Waals surface area contributed by atoms with Gasteiger partial charge >= 0.3 is 5.97 Å². The molecule has 1 heterocycles. The molecule has 0 amide bonds. The van der Waals surface area contributed by atoms with Crippen LogP contribution in [0.3, 0.4) is 0 Å². The molecule has 15 heavy (non-hydrogen) atoms. The van der Waals surface area contributed by atoms with Gasteiger partial charge in [-0.3, -0.25) is 4.79 Å². The number of carboxylic acids is 1. The molecule has 0 unspecified atom stereocenters. The molecule has 0 spiro atoms. The summed E-state index contributed by atoms with van der Waals surface area (Å²) in [6.07, 6.45) is 1.04. The Bertz CT molecular complexity index is 347. The second-order valence-corrected chi connectivity index (χ2v) is 4.53. The summed E-state index contributed by atoms with van der Waals surface area (Å²) in [5.74, 6) is -0.391. The molecule has 1 aromatic rings. The van der Waals surface area contributed by atoms with Crippen molar-refractivity contribution in [3.05, 3.63) is 5.89 Å². The van der Waals surface area contributed by atoms with E-state index < -0.39 is 10.7 Å². The Morgan fingerprint density at radius 2 is 2.07 bits per heavy atom. The normalized spacial score (nSPS) is 11.7. The van der Waals surface area contributed by atoms with Gasteiger partial charge in [-0.05, 0) is 24.6 Å². The van der Waals surface area contributed by atoms with E-state index in [9.17, 15) is 9.90 Å². The summed E-state index contributed by atoms with van der Waals surface area (Å²) in [5, 5.41) is 17.0. The first kappa shape index (κ1) is 12.0. The SMILES string of the molecule is CCC(CC)(Sc1nnc(C)o1)C(=O)O. The van der Waals surface area contributed by atoms with E-state index in [4.69, 9.17) is 4.42 Å². The minimum Gasteiger partial charge on any atom is -0.480 e. The van der Waals surface area contributed by atoms with Gasteiger partial charge in [0.25, 0.3) is 5.22 Å². The van der Waals surface area contributed by atoms with E-state index in [2.05, 4.69) is 10.2 Å². The third kappa shape index (κ3) is 2.50. The maximum absolute atomic E-state index is 11.2. The Labute approximate surface area is 92.3 Å². The maximum Gasteiger partial charge on any atom is 0.320 e. The number of aryl methyl sites for hydroxylation is 1. The predicted molar refractivity (Wildman–Crippen MR) is 55.8 cm³/mol. The highest BCUT2D eigenvalue weighted by Crippen LogP contribution is 2.37. The van der Waals surface area contributed by atoms with Crippen LogP contribution in [0.5, 0.6) is 0 Å². The Balaban J connectivity index is 2.88. The fourth-order valence-electron chi connectivity index (χ4n) is 1.23. The Hall–Kier alpha value is -1.04. The van der Waals surface area contributed by atoms with Crippen LogP contribution in [0.1, 0.15) is 32.6 Å². The van der Waals surface area contributed by atoms with Crippen LogP contribution < -0.4 is 0 Å². The largest absolute Gasteiger partial charge is 0.480 e. The van der Waals surface area contributed by atoms with Gasteiger partial charge in [0.2, 0.25) is 5.89 Å². The lowest BCUT2D eigenvalue weighted by Gasteiger charge is -2.23. The molecule has 0 aliphatic carbocycles. The van der Waals surface area contributed by atoms with Crippen LogP contribution in [0.25, 0.3) is 0 Å². The van der Waals surface area contributed by atoms with Crippen LogP contribution in [-0.4, -0.2) is 26.0 Å². The summed E-state index contributed by atoms with van der Waals surface area (Å²) in [7, 11) is 0. The summed E-state index contributed by atoms with van der Waals surface area (Å²) < 4.78 is 4.31. The smallest absolute Gasteiger partial charge is 0.320 e. The van der Waals surface area contributed by atoms with Crippen molar-refractivity contribution in [1.29, 1.82) is 0 Å². The molecule has 1 aromatic heterocycles. The molecule has 0 aliphatic rings. The molecule has 0 bridgehead atoms. The van der Waals surface area contributed by atoms with Crippen molar-refractivity contribution in [2.75, 3.05) is 0 Å². The van der Waals surface area contributed by atoms with Gasteiger partial charge in [-0.15, -0.1) is 10.2 Å². The van der Waals surface area contributed by atoms with Gasteiger partial charge in [-0.1, -0.05) is 13.8 Å². The van der Waals surface area contributed by atoms with Crippen molar-refractivity contribution < 1.29 is 14.3 Å². The molecule has 0 aromatic carbocycles. The summed E-state index contributed by atoms with van der Waals surface area (Å²) in [6, 6.07) is 0. The topological polar surface area (TPSA) is 76.2 Å². The zero-order valence-electron chi connectivity index (χ0n) is 8.98. The molecule has 6 heteroatoms. The molecule has 0 radical (unpaired) electrons. The highest BCUT2D eigenvalue weighted by atomic mass is 32.2. The van der Waals surface area contributed by atoms with Crippen molar-refractivity contribution in [3.63, 3.8) is 0 Å². The average Bonchev–Trinajstić information content (AvgIpc) is 2.60. The van der Waals surface area contributed by atoms with Gasteiger partial charge in [0, 0.05) is 6.92 Å². The van der Waals surface area contributed by atoms with Gasteiger partial charge in [-0.25, -0.2) is 0 Å². The van der Waals surface area contributed by atoms with Gasteiger partial charge in [-0.2, -0.15) is 0 Å². The number of nitrogens with zero attached hydrogens (tertiary/aromatic N) is 2. The third-order valence-corrected chi connectivity index (χ3v) is 3.80. The standard InChI is InChI=1S/C9H14N2O3S/c1-4-9(5-2,7(12)13)15-8-11-10-6(3)14-8/h4-5H2,1-3H3,(H,12,13). The van der Waals surface area contributed by atoms with Gasteiger partial charge in [0.1, 0.15) is 4.75 Å². The van der Waals surface area contributed by atoms with Crippen LogP contribution in [0.4, 0.5) is 0 Å². The second-order valence-electron chi connectivity index (χ2n) is 3.20. The number of aliphatic carboxylic acids is 1. The minimum absolute atomic E-state index is 0.318. The van der Waals surface area contributed by atoms with E-state index in [0.29, 0.717) is 24.0 Å². The Kier molecular flexibility index (Phi) is 3.73. The maximum atomic E-state index is 11.2. The van der Waals surface area contributed by atoms with Crippen LogP contribution >= 0.6 is 11.8 Å². The number of carbonyl (C=O) groups is 1. The summed E-state index contributed by atoms with van der Waals surface area (Å²) in [4.78, 5) is 11.2. The highest BCUT2D eigenvalue weighted by Gasteiger charge is 2.38. The average molecular weight is 230 g/mol. The van der Waals surface area contributed by atoms with Crippen molar-refractivity contribution in [2.45, 2.75) is 43.6 Å². The molecule has 0 saturated carbocycles. The highest BCUT2D eigenvalue weighted by molar-refractivity contribution is 8.01. The van der Waals surface area contributed by atoms with E-state index >= 15 is 0 Å². The molecule has 5 nitrogen and oxygen atoms in total. The molecule has 0 atom stereocenters. The first-order valence-corrected chi connectivity index (χ1v) is 5.58. The molecule has 1 rings (SSSR count). The minimum atomic E-state index is -0.862. The Morgan fingerprint density at radius 1 is 1.47 bits per heavy atom. The number of aromatic nitrogens is 2. The monoisotopic (exact) mass is 230 g/mol. The predicted octanol–water partition coefficient (Wildman–Crippen LogP) is 2.11. The van der Waals surface area contributed by atoms with E-state index in [0.717, 1.165) is 11.8 Å². The molecule has 0 saturated heterocycles. The summed E-state index contributed by atoms with van der Waals surface area (Å²) in [6.45, 7) is 5.36. The quantitative estimate of drug-likeness (QED) is 0.781. The first-order chi connectivity index (χ1) is 7.04. The fraction of sp³-hybridized carbons (Fsp3) is 0.667. The second kappa shape index (κ2) is 4.65.